The molecule has 1 amide bonds. The highest BCUT2D eigenvalue weighted by atomic mass is 16.5. The van der Waals surface area contributed by atoms with E-state index < -0.39 is 5.97 Å². The first kappa shape index (κ1) is 16.0. The van der Waals surface area contributed by atoms with Gasteiger partial charge in [-0.3, -0.25) is 4.79 Å². The number of amides is 1. The average Bonchev–Trinajstić information content (AvgIpc) is 2.41. The van der Waals surface area contributed by atoms with Crippen molar-refractivity contribution in [2.45, 2.75) is 20.3 Å². The number of benzene rings is 1. The first-order valence-electron chi connectivity index (χ1n) is 6.52. The Labute approximate surface area is 118 Å². The lowest BCUT2D eigenvalue weighted by Gasteiger charge is -2.22. The number of carboxylic acid groups (broad SMARTS) is 1. The number of carbonyl (C=O) groups excluding carboxylic acids is 1. The van der Waals surface area contributed by atoms with Crippen LogP contribution in [0.1, 0.15) is 30.6 Å². The second kappa shape index (κ2) is 7.49. The summed E-state index contributed by atoms with van der Waals surface area (Å²) in [5.74, 6) is -1.25. The molecule has 0 atom stereocenters. The highest BCUT2D eigenvalue weighted by Gasteiger charge is 2.17. The molecule has 0 aliphatic carbocycles. The van der Waals surface area contributed by atoms with Crippen LogP contribution in [0, 0.1) is 0 Å². The third kappa shape index (κ3) is 3.96. The van der Waals surface area contributed by atoms with Crippen molar-refractivity contribution in [3.05, 3.63) is 23.8 Å². The van der Waals surface area contributed by atoms with Crippen LogP contribution in [0.2, 0.25) is 0 Å². The summed E-state index contributed by atoms with van der Waals surface area (Å²) in [4.78, 5) is 24.4. The third-order valence-electron chi connectivity index (χ3n) is 2.76. The van der Waals surface area contributed by atoms with Crippen LogP contribution in [0.4, 0.5) is 11.4 Å². The minimum atomic E-state index is -1.05. The van der Waals surface area contributed by atoms with Crippen molar-refractivity contribution in [1.82, 2.24) is 0 Å². The van der Waals surface area contributed by atoms with Gasteiger partial charge in [0.2, 0.25) is 0 Å². The number of aromatic carboxylic acids is 1. The van der Waals surface area contributed by atoms with Crippen LogP contribution in [0.5, 0.6) is 0 Å². The lowest BCUT2D eigenvalue weighted by atomic mass is 10.1. The second-order valence-corrected chi connectivity index (χ2v) is 4.27. The highest BCUT2D eigenvalue weighted by molar-refractivity contribution is 5.98. The van der Waals surface area contributed by atoms with Crippen LogP contribution in [0.3, 0.4) is 0 Å². The Balaban J connectivity index is 2.89. The number of rotatable bonds is 7. The molecule has 0 radical (unpaired) electrons. The molecule has 0 aliphatic heterocycles. The predicted octanol–water partition coefficient (Wildman–Crippen LogP) is 1.75. The fourth-order valence-corrected chi connectivity index (χ4v) is 1.80. The number of nitrogens with zero attached hydrogens (tertiary/aromatic N) is 1. The Kier molecular flexibility index (Phi) is 5.99. The smallest absolute Gasteiger partial charge is 0.335 e. The monoisotopic (exact) mass is 280 g/mol. The van der Waals surface area contributed by atoms with Crippen molar-refractivity contribution < 1.29 is 19.4 Å². The fraction of sp³-hybridized carbons (Fsp3) is 0.429. The molecule has 0 bridgehead atoms. The predicted molar refractivity (Wildman–Crippen MR) is 77.0 cm³/mol. The molecule has 110 valence electrons. The molecule has 6 nitrogen and oxygen atoms in total. The number of hydrogen-bond acceptors (Lipinski definition) is 4. The Morgan fingerprint density at radius 3 is 2.55 bits per heavy atom. The van der Waals surface area contributed by atoms with Crippen molar-refractivity contribution >= 4 is 23.3 Å². The van der Waals surface area contributed by atoms with E-state index in [0.717, 1.165) is 6.42 Å². The normalized spacial score (nSPS) is 10.3. The number of nitrogen functional groups attached to an aromatic ring is 1. The molecule has 1 aromatic rings. The Hall–Kier alpha value is -2.08. The van der Waals surface area contributed by atoms with Gasteiger partial charge < -0.3 is 20.5 Å². The van der Waals surface area contributed by atoms with E-state index in [1.54, 1.807) is 6.07 Å². The standard InChI is InChI=1S/C14H20N2O4/c1-3-7-20-9-13(17)16(4-2)12-6-5-10(14(18)19)8-11(12)15/h5-6,8H,3-4,7,9,15H2,1-2H3,(H,18,19). The lowest BCUT2D eigenvalue weighted by molar-refractivity contribution is -0.123. The summed E-state index contributed by atoms with van der Waals surface area (Å²) in [6.07, 6.45) is 0.842. The molecular formula is C14H20N2O4. The summed E-state index contributed by atoms with van der Waals surface area (Å²) in [6, 6.07) is 4.32. The van der Waals surface area contributed by atoms with Crippen LogP contribution in [0.15, 0.2) is 18.2 Å². The maximum atomic E-state index is 12.0. The zero-order chi connectivity index (χ0) is 15.1. The molecule has 0 heterocycles. The lowest BCUT2D eigenvalue weighted by Crippen LogP contribution is -2.34. The van der Waals surface area contributed by atoms with Gasteiger partial charge in [-0.25, -0.2) is 4.79 Å². The number of ether oxygens (including phenoxy) is 1. The molecule has 6 heteroatoms. The van der Waals surface area contributed by atoms with E-state index >= 15 is 0 Å². The molecule has 20 heavy (non-hydrogen) atoms. The summed E-state index contributed by atoms with van der Waals surface area (Å²) in [5, 5.41) is 8.89. The van der Waals surface area contributed by atoms with E-state index in [1.165, 1.54) is 17.0 Å². The molecular weight excluding hydrogens is 260 g/mol. The number of anilines is 2. The Bertz CT molecular complexity index is 488. The maximum Gasteiger partial charge on any atom is 0.335 e. The summed E-state index contributed by atoms with van der Waals surface area (Å²) in [6.45, 7) is 4.73. The van der Waals surface area contributed by atoms with Crippen molar-refractivity contribution in [1.29, 1.82) is 0 Å². The van der Waals surface area contributed by atoms with Crippen LogP contribution in [-0.4, -0.2) is 36.7 Å². The van der Waals surface area contributed by atoms with Gasteiger partial charge in [0.15, 0.2) is 0 Å². The minimum Gasteiger partial charge on any atom is -0.478 e. The van der Waals surface area contributed by atoms with Gasteiger partial charge in [-0.05, 0) is 31.5 Å². The second-order valence-electron chi connectivity index (χ2n) is 4.27. The molecule has 0 aliphatic rings. The van der Waals surface area contributed by atoms with E-state index in [0.29, 0.717) is 18.8 Å². The van der Waals surface area contributed by atoms with Gasteiger partial charge in [0.1, 0.15) is 6.61 Å². The van der Waals surface area contributed by atoms with Crippen molar-refractivity contribution in [2.75, 3.05) is 30.4 Å². The maximum absolute atomic E-state index is 12.0. The molecule has 0 unspecified atom stereocenters. The summed E-state index contributed by atoms with van der Waals surface area (Å²) >= 11 is 0. The number of carboxylic acids is 1. The van der Waals surface area contributed by atoms with Crippen LogP contribution >= 0.6 is 0 Å². The van der Waals surface area contributed by atoms with Crippen LogP contribution in [-0.2, 0) is 9.53 Å². The van der Waals surface area contributed by atoms with Crippen LogP contribution < -0.4 is 10.6 Å². The number of nitrogens with two attached hydrogens (primary N) is 1. The zero-order valence-corrected chi connectivity index (χ0v) is 11.8. The molecule has 0 saturated heterocycles. The molecule has 0 saturated carbocycles. The molecule has 1 rings (SSSR count). The minimum absolute atomic E-state index is 0.0121. The van der Waals surface area contributed by atoms with E-state index in [1.807, 2.05) is 13.8 Å². The van der Waals surface area contributed by atoms with E-state index in [2.05, 4.69) is 0 Å². The Morgan fingerprint density at radius 1 is 1.35 bits per heavy atom. The largest absolute Gasteiger partial charge is 0.478 e. The topological polar surface area (TPSA) is 92.9 Å². The molecule has 0 fully saturated rings. The van der Waals surface area contributed by atoms with E-state index in [9.17, 15) is 9.59 Å². The summed E-state index contributed by atoms with van der Waals surface area (Å²) in [5.41, 5.74) is 6.69. The first-order valence-corrected chi connectivity index (χ1v) is 6.52. The van der Waals surface area contributed by atoms with Crippen molar-refractivity contribution in [2.24, 2.45) is 0 Å². The van der Waals surface area contributed by atoms with Crippen LogP contribution in [0.25, 0.3) is 0 Å². The van der Waals surface area contributed by atoms with Crippen molar-refractivity contribution in [3.63, 3.8) is 0 Å². The van der Waals surface area contributed by atoms with Gasteiger partial charge in [-0.1, -0.05) is 6.92 Å². The van der Waals surface area contributed by atoms with Gasteiger partial charge in [0.25, 0.3) is 5.91 Å². The summed E-state index contributed by atoms with van der Waals surface area (Å²) in [7, 11) is 0. The van der Waals surface area contributed by atoms with Gasteiger partial charge in [0.05, 0.1) is 16.9 Å². The Morgan fingerprint density at radius 2 is 2.05 bits per heavy atom. The van der Waals surface area contributed by atoms with E-state index in [4.69, 9.17) is 15.6 Å². The fourth-order valence-electron chi connectivity index (χ4n) is 1.80. The van der Waals surface area contributed by atoms with Gasteiger partial charge in [-0.15, -0.1) is 0 Å². The summed E-state index contributed by atoms with van der Waals surface area (Å²) < 4.78 is 5.22. The quantitative estimate of drug-likeness (QED) is 0.586. The highest BCUT2D eigenvalue weighted by Crippen LogP contribution is 2.24. The SMILES string of the molecule is CCCOCC(=O)N(CC)c1ccc(C(=O)O)cc1N. The van der Waals surface area contributed by atoms with Gasteiger partial charge >= 0.3 is 5.97 Å². The molecule has 3 N–H and O–H groups in total. The number of likely N-dealkylation sites (N-methyl/N-ethyl adjacent to an activating group) is 1. The number of hydrogen-bond donors (Lipinski definition) is 2. The zero-order valence-electron chi connectivity index (χ0n) is 11.8. The molecule has 0 aromatic heterocycles. The number of carbonyl (C=O) groups is 2. The van der Waals surface area contributed by atoms with Gasteiger partial charge in [-0.2, -0.15) is 0 Å². The van der Waals surface area contributed by atoms with E-state index in [-0.39, 0.29) is 23.8 Å². The first-order chi connectivity index (χ1) is 9.51. The molecule has 0 spiro atoms. The van der Waals surface area contributed by atoms with Crippen molar-refractivity contribution in [3.8, 4) is 0 Å². The van der Waals surface area contributed by atoms with Gasteiger partial charge in [0, 0.05) is 13.2 Å². The average molecular weight is 280 g/mol. The third-order valence-corrected chi connectivity index (χ3v) is 2.76. The molecule has 1 aromatic carbocycles.